The van der Waals surface area contributed by atoms with E-state index in [0.717, 1.165) is 12.3 Å². The molecule has 0 aliphatic rings. The van der Waals surface area contributed by atoms with Crippen LogP contribution in [0.25, 0.3) is 0 Å². The predicted molar refractivity (Wildman–Crippen MR) is 46.0 cm³/mol. The molecular formula is C7H15NS. The van der Waals surface area contributed by atoms with Gasteiger partial charge >= 0.3 is 0 Å². The topological polar surface area (TPSA) is 12.0 Å². The Hall–Kier alpha value is 0.0500. The highest BCUT2D eigenvalue weighted by atomic mass is 32.2. The molecule has 0 aromatic carbocycles. The summed E-state index contributed by atoms with van der Waals surface area (Å²) in [5.74, 6) is 1.06. The molecule has 0 saturated carbocycles. The van der Waals surface area contributed by atoms with E-state index in [-0.39, 0.29) is 0 Å². The van der Waals surface area contributed by atoms with Gasteiger partial charge in [-0.1, -0.05) is 13.0 Å². The number of hydrogen-bond acceptors (Lipinski definition) is 2. The van der Waals surface area contributed by atoms with E-state index in [4.69, 9.17) is 0 Å². The van der Waals surface area contributed by atoms with Crippen LogP contribution >= 0.6 is 11.8 Å². The van der Waals surface area contributed by atoms with Crippen molar-refractivity contribution in [3.8, 4) is 0 Å². The Morgan fingerprint density at radius 3 is 2.89 bits per heavy atom. The second-order valence-corrected chi connectivity index (χ2v) is 3.46. The highest BCUT2D eigenvalue weighted by molar-refractivity contribution is 8.00. The summed E-state index contributed by atoms with van der Waals surface area (Å²) in [5, 5.41) is 3.82. The molecule has 1 unspecified atom stereocenters. The second kappa shape index (κ2) is 6.17. The van der Waals surface area contributed by atoms with Crippen LogP contribution in [0.4, 0.5) is 0 Å². The molecule has 0 fully saturated rings. The fourth-order valence-electron chi connectivity index (χ4n) is 0.579. The molecule has 54 valence electrons. The van der Waals surface area contributed by atoms with Crippen LogP contribution in [-0.4, -0.2) is 24.6 Å². The molecule has 1 atom stereocenters. The zero-order valence-corrected chi connectivity index (χ0v) is 7.00. The van der Waals surface area contributed by atoms with Crippen molar-refractivity contribution < 1.29 is 0 Å². The van der Waals surface area contributed by atoms with Gasteiger partial charge in [-0.15, -0.1) is 6.58 Å². The van der Waals surface area contributed by atoms with E-state index in [2.05, 4.69) is 18.8 Å². The van der Waals surface area contributed by atoms with Crippen LogP contribution in [0.3, 0.4) is 0 Å². The fourth-order valence-corrected chi connectivity index (χ4v) is 1.33. The first-order chi connectivity index (χ1) is 4.31. The van der Waals surface area contributed by atoms with Crippen molar-refractivity contribution in [1.82, 2.24) is 5.32 Å². The Labute approximate surface area is 61.9 Å². The minimum absolute atomic E-state index is 0.702. The van der Waals surface area contributed by atoms with Crippen LogP contribution in [0.2, 0.25) is 0 Å². The van der Waals surface area contributed by atoms with Crippen molar-refractivity contribution in [2.75, 3.05) is 19.3 Å². The molecule has 0 saturated heterocycles. The highest BCUT2D eigenvalue weighted by Gasteiger charge is 1.96. The Bertz CT molecular complexity index is 73.3. The average Bonchev–Trinajstić information content (AvgIpc) is 1.85. The van der Waals surface area contributed by atoms with E-state index in [1.54, 1.807) is 0 Å². The normalized spacial score (nSPS) is 13.1. The van der Waals surface area contributed by atoms with Gasteiger partial charge in [-0.25, -0.2) is 0 Å². The van der Waals surface area contributed by atoms with Crippen molar-refractivity contribution in [2.45, 2.75) is 12.2 Å². The summed E-state index contributed by atoms with van der Waals surface area (Å²) in [6.07, 6.45) is 1.94. The fraction of sp³-hybridized carbons (Fsp3) is 0.714. The number of thioether (sulfide) groups is 1. The van der Waals surface area contributed by atoms with Gasteiger partial charge < -0.3 is 5.32 Å². The summed E-state index contributed by atoms with van der Waals surface area (Å²) in [4.78, 5) is 0. The van der Waals surface area contributed by atoms with Crippen molar-refractivity contribution in [2.24, 2.45) is 0 Å². The maximum atomic E-state index is 3.65. The summed E-state index contributed by atoms with van der Waals surface area (Å²) in [6.45, 7) is 6.95. The minimum atomic E-state index is 0.702. The zero-order valence-electron chi connectivity index (χ0n) is 6.18. The van der Waals surface area contributed by atoms with Gasteiger partial charge in [0.05, 0.1) is 0 Å². The standard InChI is InChI=1S/C7H15NS/c1-4-5-9-7(2)6-8-3/h4,7-8H,1,5-6H2,2-3H3. The van der Waals surface area contributed by atoms with E-state index in [9.17, 15) is 0 Å². The van der Waals surface area contributed by atoms with Gasteiger partial charge in [0.2, 0.25) is 0 Å². The van der Waals surface area contributed by atoms with Crippen molar-refractivity contribution >= 4 is 11.8 Å². The molecule has 0 rings (SSSR count). The Morgan fingerprint density at radius 2 is 2.44 bits per heavy atom. The van der Waals surface area contributed by atoms with E-state index in [1.807, 2.05) is 24.9 Å². The Morgan fingerprint density at radius 1 is 1.78 bits per heavy atom. The lowest BCUT2D eigenvalue weighted by Crippen LogP contribution is -2.17. The zero-order chi connectivity index (χ0) is 7.11. The van der Waals surface area contributed by atoms with Gasteiger partial charge in [0.25, 0.3) is 0 Å². The summed E-state index contributed by atoms with van der Waals surface area (Å²) >= 11 is 1.92. The molecule has 0 aliphatic heterocycles. The number of hydrogen-bond donors (Lipinski definition) is 1. The number of rotatable bonds is 5. The molecule has 1 N–H and O–H groups in total. The number of nitrogens with one attached hydrogen (secondary N) is 1. The second-order valence-electron chi connectivity index (χ2n) is 1.99. The smallest absolute Gasteiger partial charge is 0.0147 e. The van der Waals surface area contributed by atoms with E-state index in [1.165, 1.54) is 0 Å². The SMILES string of the molecule is C=CCSC(C)CNC. The third kappa shape index (κ3) is 5.93. The van der Waals surface area contributed by atoms with Crippen LogP contribution in [0, 0.1) is 0 Å². The third-order valence-electron chi connectivity index (χ3n) is 0.990. The first kappa shape index (κ1) is 9.05. The van der Waals surface area contributed by atoms with Gasteiger partial charge in [-0.3, -0.25) is 0 Å². The van der Waals surface area contributed by atoms with E-state index >= 15 is 0 Å². The predicted octanol–water partition coefficient (Wildman–Crippen LogP) is 1.51. The van der Waals surface area contributed by atoms with E-state index in [0.29, 0.717) is 5.25 Å². The molecular weight excluding hydrogens is 130 g/mol. The van der Waals surface area contributed by atoms with Crippen LogP contribution < -0.4 is 5.32 Å². The average molecular weight is 145 g/mol. The van der Waals surface area contributed by atoms with Crippen molar-refractivity contribution in [1.29, 1.82) is 0 Å². The monoisotopic (exact) mass is 145 g/mol. The lowest BCUT2D eigenvalue weighted by Gasteiger charge is -2.07. The Kier molecular flexibility index (Phi) is 6.21. The van der Waals surface area contributed by atoms with Crippen molar-refractivity contribution in [3.63, 3.8) is 0 Å². The molecule has 0 amide bonds. The van der Waals surface area contributed by atoms with Crippen LogP contribution in [0.5, 0.6) is 0 Å². The molecule has 0 bridgehead atoms. The quantitative estimate of drug-likeness (QED) is 0.589. The third-order valence-corrected chi connectivity index (χ3v) is 2.15. The largest absolute Gasteiger partial charge is 0.319 e. The molecule has 0 radical (unpaired) electrons. The Balaban J connectivity index is 3.04. The summed E-state index contributed by atoms with van der Waals surface area (Å²) < 4.78 is 0. The first-order valence-electron chi connectivity index (χ1n) is 3.18. The van der Waals surface area contributed by atoms with E-state index < -0.39 is 0 Å². The summed E-state index contributed by atoms with van der Waals surface area (Å²) in [7, 11) is 1.98. The molecule has 1 nitrogen and oxygen atoms in total. The molecule has 9 heavy (non-hydrogen) atoms. The van der Waals surface area contributed by atoms with Gasteiger partial charge in [0, 0.05) is 17.5 Å². The summed E-state index contributed by atoms with van der Waals surface area (Å²) in [6, 6.07) is 0. The first-order valence-corrected chi connectivity index (χ1v) is 4.23. The van der Waals surface area contributed by atoms with Crippen LogP contribution in [-0.2, 0) is 0 Å². The van der Waals surface area contributed by atoms with Gasteiger partial charge in [-0.05, 0) is 7.05 Å². The maximum Gasteiger partial charge on any atom is 0.0147 e. The lowest BCUT2D eigenvalue weighted by atomic mass is 10.5. The van der Waals surface area contributed by atoms with Gasteiger partial charge in [0.1, 0.15) is 0 Å². The molecule has 0 spiro atoms. The molecule has 0 aromatic heterocycles. The molecule has 0 heterocycles. The lowest BCUT2D eigenvalue weighted by molar-refractivity contribution is 0.786. The molecule has 2 heteroatoms. The van der Waals surface area contributed by atoms with Crippen LogP contribution in [0.1, 0.15) is 6.92 Å². The molecule has 0 aliphatic carbocycles. The highest BCUT2D eigenvalue weighted by Crippen LogP contribution is 2.07. The van der Waals surface area contributed by atoms with Gasteiger partial charge in [0.15, 0.2) is 0 Å². The van der Waals surface area contributed by atoms with Crippen molar-refractivity contribution in [3.05, 3.63) is 12.7 Å². The van der Waals surface area contributed by atoms with Gasteiger partial charge in [-0.2, -0.15) is 11.8 Å². The van der Waals surface area contributed by atoms with Crippen LogP contribution in [0.15, 0.2) is 12.7 Å². The molecule has 0 aromatic rings. The maximum absolute atomic E-state index is 3.65. The summed E-state index contributed by atoms with van der Waals surface area (Å²) in [5.41, 5.74) is 0. The minimum Gasteiger partial charge on any atom is -0.319 e.